The molecule has 0 aliphatic carbocycles. The third-order valence-electron chi connectivity index (χ3n) is 1.68. The van der Waals surface area contributed by atoms with E-state index in [1.165, 1.54) is 11.5 Å². The van der Waals surface area contributed by atoms with Gasteiger partial charge in [0, 0.05) is 31.5 Å². The molecule has 0 radical (unpaired) electrons. The van der Waals surface area contributed by atoms with Gasteiger partial charge in [-0.05, 0) is 6.92 Å². The Hall–Kier alpha value is -1.37. The largest absolute Gasteiger partial charge is 0.409 e. The second kappa shape index (κ2) is 4.75. The molecule has 0 saturated heterocycles. The summed E-state index contributed by atoms with van der Waals surface area (Å²) < 4.78 is 4.06. The standard InChI is InChI=1S/C7H13N5OS/c1-5-9-7(14-11-5)12(2)4-3-6(8)10-13/h13H,3-4H2,1-2H3,(H2,8,10). The van der Waals surface area contributed by atoms with Crippen molar-refractivity contribution < 1.29 is 5.21 Å². The van der Waals surface area contributed by atoms with Crippen LogP contribution in [-0.2, 0) is 0 Å². The minimum Gasteiger partial charge on any atom is -0.409 e. The third kappa shape index (κ3) is 2.84. The van der Waals surface area contributed by atoms with Gasteiger partial charge in [-0.15, -0.1) is 0 Å². The zero-order valence-corrected chi connectivity index (χ0v) is 8.95. The highest BCUT2D eigenvalue weighted by atomic mass is 32.1. The highest BCUT2D eigenvalue weighted by molar-refractivity contribution is 7.09. The van der Waals surface area contributed by atoms with Gasteiger partial charge in [-0.25, -0.2) is 4.98 Å². The van der Waals surface area contributed by atoms with Crippen LogP contribution in [0, 0.1) is 6.92 Å². The van der Waals surface area contributed by atoms with Gasteiger partial charge >= 0.3 is 0 Å². The second-order valence-corrected chi connectivity index (χ2v) is 3.62. The Balaban J connectivity index is 2.47. The van der Waals surface area contributed by atoms with E-state index in [4.69, 9.17) is 10.9 Å². The molecule has 6 nitrogen and oxygen atoms in total. The first-order chi connectivity index (χ1) is 6.63. The lowest BCUT2D eigenvalue weighted by Crippen LogP contribution is -2.24. The molecule has 78 valence electrons. The number of amidine groups is 1. The van der Waals surface area contributed by atoms with E-state index in [0.29, 0.717) is 13.0 Å². The lowest BCUT2D eigenvalue weighted by Gasteiger charge is -2.13. The first kappa shape index (κ1) is 10.7. The number of oxime groups is 1. The van der Waals surface area contributed by atoms with Crippen LogP contribution in [0.5, 0.6) is 0 Å². The van der Waals surface area contributed by atoms with E-state index in [-0.39, 0.29) is 5.84 Å². The summed E-state index contributed by atoms with van der Waals surface area (Å²) in [5.74, 6) is 0.985. The molecule has 0 amide bonds. The zero-order valence-electron chi connectivity index (χ0n) is 8.14. The van der Waals surface area contributed by atoms with Gasteiger partial charge in [0.2, 0.25) is 5.13 Å². The molecule has 0 saturated carbocycles. The fraction of sp³-hybridized carbons (Fsp3) is 0.571. The number of rotatable bonds is 4. The Labute approximate surface area is 86.2 Å². The van der Waals surface area contributed by atoms with Crippen molar-refractivity contribution in [3.8, 4) is 0 Å². The van der Waals surface area contributed by atoms with Crippen LogP contribution >= 0.6 is 11.5 Å². The van der Waals surface area contributed by atoms with Crippen LogP contribution in [0.3, 0.4) is 0 Å². The molecule has 0 bridgehead atoms. The normalized spacial score (nSPS) is 11.7. The first-order valence-electron chi connectivity index (χ1n) is 4.11. The lowest BCUT2D eigenvalue weighted by molar-refractivity contribution is 0.317. The third-order valence-corrected chi connectivity index (χ3v) is 2.60. The molecule has 0 aromatic carbocycles. The van der Waals surface area contributed by atoms with E-state index < -0.39 is 0 Å². The predicted octanol–water partition coefficient (Wildman–Crippen LogP) is 0.419. The second-order valence-electron chi connectivity index (χ2n) is 2.89. The molecule has 0 atom stereocenters. The summed E-state index contributed by atoms with van der Waals surface area (Å²) in [4.78, 5) is 6.12. The van der Waals surface area contributed by atoms with Gasteiger partial charge in [-0.1, -0.05) is 5.16 Å². The number of aromatic nitrogens is 2. The Kier molecular flexibility index (Phi) is 3.63. The number of anilines is 1. The Morgan fingerprint density at radius 1 is 1.71 bits per heavy atom. The molecule has 0 spiro atoms. The average molecular weight is 215 g/mol. The van der Waals surface area contributed by atoms with Crippen molar-refractivity contribution in [1.82, 2.24) is 9.36 Å². The van der Waals surface area contributed by atoms with Crippen LogP contribution in [-0.4, -0.2) is 34.0 Å². The van der Waals surface area contributed by atoms with E-state index in [9.17, 15) is 0 Å². The first-order valence-corrected chi connectivity index (χ1v) is 4.88. The van der Waals surface area contributed by atoms with Crippen molar-refractivity contribution in [2.24, 2.45) is 10.9 Å². The molecule has 0 aliphatic heterocycles. The van der Waals surface area contributed by atoms with Gasteiger partial charge in [-0.3, -0.25) is 0 Å². The quantitative estimate of drug-likeness (QED) is 0.329. The summed E-state index contributed by atoms with van der Waals surface area (Å²) >= 11 is 1.34. The average Bonchev–Trinajstić information content (AvgIpc) is 2.60. The van der Waals surface area contributed by atoms with Gasteiger partial charge in [0.15, 0.2) is 0 Å². The zero-order chi connectivity index (χ0) is 10.6. The van der Waals surface area contributed by atoms with Crippen molar-refractivity contribution in [1.29, 1.82) is 0 Å². The summed E-state index contributed by atoms with van der Waals surface area (Å²) in [6.07, 6.45) is 0.506. The van der Waals surface area contributed by atoms with E-state index in [1.807, 2.05) is 18.9 Å². The molecular formula is C7H13N5OS. The molecule has 1 rings (SSSR count). The molecule has 0 aliphatic rings. The Morgan fingerprint density at radius 3 is 2.93 bits per heavy atom. The molecule has 0 unspecified atom stereocenters. The van der Waals surface area contributed by atoms with Crippen molar-refractivity contribution in [2.45, 2.75) is 13.3 Å². The van der Waals surface area contributed by atoms with E-state index >= 15 is 0 Å². The van der Waals surface area contributed by atoms with Crippen molar-refractivity contribution in [3.05, 3.63) is 5.82 Å². The fourth-order valence-corrected chi connectivity index (χ4v) is 1.53. The Bertz CT molecular complexity index is 324. The minimum absolute atomic E-state index is 0.220. The number of hydrogen-bond acceptors (Lipinski definition) is 6. The number of nitrogens with two attached hydrogens (primary N) is 1. The smallest absolute Gasteiger partial charge is 0.204 e. The van der Waals surface area contributed by atoms with Crippen molar-refractivity contribution >= 4 is 22.5 Å². The maximum atomic E-state index is 8.34. The number of nitrogens with zero attached hydrogens (tertiary/aromatic N) is 4. The van der Waals surface area contributed by atoms with Gasteiger partial charge in [-0.2, -0.15) is 4.37 Å². The maximum absolute atomic E-state index is 8.34. The molecule has 7 heteroatoms. The fourth-order valence-electron chi connectivity index (χ4n) is 0.869. The summed E-state index contributed by atoms with van der Waals surface area (Å²) in [7, 11) is 1.89. The van der Waals surface area contributed by atoms with Crippen LogP contribution < -0.4 is 10.6 Å². The van der Waals surface area contributed by atoms with Crippen LogP contribution in [0.2, 0.25) is 0 Å². The summed E-state index contributed by atoms with van der Waals surface area (Å²) in [5, 5.41) is 12.1. The minimum atomic E-state index is 0.220. The van der Waals surface area contributed by atoms with E-state index in [1.54, 1.807) is 0 Å². The highest BCUT2D eigenvalue weighted by Crippen LogP contribution is 2.14. The Morgan fingerprint density at radius 2 is 2.43 bits per heavy atom. The van der Waals surface area contributed by atoms with Crippen LogP contribution in [0.1, 0.15) is 12.2 Å². The SMILES string of the molecule is Cc1nsc(N(C)CCC(N)=NO)n1. The summed E-state index contributed by atoms with van der Waals surface area (Å²) in [6, 6.07) is 0. The number of hydrogen-bond donors (Lipinski definition) is 2. The molecule has 1 aromatic rings. The van der Waals surface area contributed by atoms with Gasteiger partial charge in [0.25, 0.3) is 0 Å². The molecule has 1 heterocycles. The van der Waals surface area contributed by atoms with E-state index in [2.05, 4.69) is 14.5 Å². The topological polar surface area (TPSA) is 87.6 Å². The highest BCUT2D eigenvalue weighted by Gasteiger charge is 2.06. The van der Waals surface area contributed by atoms with Crippen LogP contribution in [0.4, 0.5) is 5.13 Å². The van der Waals surface area contributed by atoms with Crippen LogP contribution in [0.25, 0.3) is 0 Å². The van der Waals surface area contributed by atoms with Gasteiger partial charge in [0.05, 0.1) is 0 Å². The van der Waals surface area contributed by atoms with Gasteiger partial charge in [0.1, 0.15) is 11.7 Å². The monoisotopic (exact) mass is 215 g/mol. The lowest BCUT2D eigenvalue weighted by atomic mass is 10.4. The number of aryl methyl sites for hydroxylation is 1. The molecule has 14 heavy (non-hydrogen) atoms. The van der Waals surface area contributed by atoms with Crippen LogP contribution in [0.15, 0.2) is 5.16 Å². The van der Waals surface area contributed by atoms with E-state index in [0.717, 1.165) is 11.0 Å². The molecule has 3 N–H and O–H groups in total. The maximum Gasteiger partial charge on any atom is 0.204 e. The summed E-state index contributed by atoms with van der Waals surface area (Å²) in [5.41, 5.74) is 5.35. The van der Waals surface area contributed by atoms with Crippen molar-refractivity contribution in [2.75, 3.05) is 18.5 Å². The predicted molar refractivity (Wildman–Crippen MR) is 55.9 cm³/mol. The molecule has 1 aromatic heterocycles. The van der Waals surface area contributed by atoms with Crippen molar-refractivity contribution in [3.63, 3.8) is 0 Å². The molecule has 0 fully saturated rings. The van der Waals surface area contributed by atoms with Gasteiger partial charge < -0.3 is 15.8 Å². The molecular weight excluding hydrogens is 202 g/mol. The summed E-state index contributed by atoms with van der Waals surface area (Å²) in [6.45, 7) is 2.50.